The summed E-state index contributed by atoms with van der Waals surface area (Å²) in [6.45, 7) is 5.84. The minimum absolute atomic E-state index is 0.130. The summed E-state index contributed by atoms with van der Waals surface area (Å²) in [7, 11) is -3.70. The maximum absolute atomic E-state index is 12.0. The Hall–Kier alpha value is -1.09. The number of hydrogen-bond donors (Lipinski definition) is 1. The van der Waals surface area contributed by atoms with Gasteiger partial charge in [-0.2, -0.15) is 8.42 Å². The van der Waals surface area contributed by atoms with Crippen molar-refractivity contribution < 1.29 is 13.2 Å². The molecule has 1 aliphatic rings. The monoisotopic (exact) mass is 378 g/mol. The van der Waals surface area contributed by atoms with Gasteiger partial charge in [-0.3, -0.25) is 0 Å². The summed E-state index contributed by atoms with van der Waals surface area (Å²) in [4.78, 5) is 0.169. The second kappa shape index (κ2) is 4.88. The molecule has 7 heteroatoms. The van der Waals surface area contributed by atoms with E-state index in [4.69, 9.17) is 4.74 Å². The summed E-state index contributed by atoms with van der Waals surface area (Å²) in [6, 6.07) is 5.08. The smallest absolute Gasteiger partial charge is 0.286 e. The number of benzene rings is 1. The van der Waals surface area contributed by atoms with Gasteiger partial charge in [0.05, 0.1) is 12.3 Å². The maximum Gasteiger partial charge on any atom is 0.286 e. The predicted octanol–water partition coefficient (Wildman–Crippen LogP) is 2.35. The van der Waals surface area contributed by atoms with E-state index in [2.05, 4.69) is 38.9 Å². The number of amidine groups is 1. The molecule has 0 saturated heterocycles. The zero-order valence-electron chi connectivity index (χ0n) is 9.60. The van der Waals surface area contributed by atoms with Gasteiger partial charge < -0.3 is 10.1 Å². The molecule has 0 aliphatic carbocycles. The lowest BCUT2D eigenvalue weighted by Gasteiger charge is -2.19. The van der Waals surface area contributed by atoms with Crippen molar-refractivity contribution >= 4 is 44.1 Å². The topological polar surface area (TPSA) is 67.8 Å². The van der Waals surface area contributed by atoms with E-state index in [0.29, 0.717) is 12.3 Å². The summed E-state index contributed by atoms with van der Waals surface area (Å²) in [5, 5.41) is 2.91. The van der Waals surface area contributed by atoms with Crippen LogP contribution in [-0.4, -0.2) is 20.9 Å². The molecule has 0 radical (unpaired) electrons. The van der Waals surface area contributed by atoms with Crippen LogP contribution in [0.4, 0.5) is 5.69 Å². The minimum Gasteiger partial charge on any atom is -0.491 e. The average Bonchev–Trinajstić information content (AvgIpc) is 2.29. The molecule has 1 aromatic carbocycles. The van der Waals surface area contributed by atoms with Crippen molar-refractivity contribution in [2.24, 2.45) is 4.40 Å². The number of ether oxygens (including phenoxy) is 1. The number of hydrogen-bond acceptors (Lipinski definition) is 4. The van der Waals surface area contributed by atoms with E-state index >= 15 is 0 Å². The van der Waals surface area contributed by atoms with E-state index in [0.717, 1.165) is 3.57 Å². The van der Waals surface area contributed by atoms with Gasteiger partial charge in [0.15, 0.2) is 11.6 Å². The van der Waals surface area contributed by atoms with Crippen LogP contribution in [0.1, 0.15) is 6.92 Å². The van der Waals surface area contributed by atoms with Gasteiger partial charge in [-0.25, -0.2) is 0 Å². The third-order valence-corrected chi connectivity index (χ3v) is 4.26. The molecular formula is C11H11IN2O3S. The summed E-state index contributed by atoms with van der Waals surface area (Å²) < 4.78 is 33.7. The fourth-order valence-electron chi connectivity index (χ4n) is 1.50. The first-order valence-corrected chi connectivity index (χ1v) is 7.69. The van der Waals surface area contributed by atoms with Crippen LogP contribution >= 0.6 is 22.6 Å². The molecule has 1 aliphatic heterocycles. The first-order chi connectivity index (χ1) is 8.44. The van der Waals surface area contributed by atoms with Gasteiger partial charge in [0.25, 0.3) is 10.0 Å². The summed E-state index contributed by atoms with van der Waals surface area (Å²) in [6.07, 6.45) is 0. The van der Waals surface area contributed by atoms with Crippen molar-refractivity contribution in [1.29, 1.82) is 0 Å². The SMILES string of the molecule is C=C(OCC)C1=NS(=O)(=O)c2cc(I)ccc2N1. The molecule has 0 spiro atoms. The Bertz CT molecular complexity index is 638. The van der Waals surface area contributed by atoms with Crippen LogP contribution in [0, 0.1) is 3.57 Å². The van der Waals surface area contributed by atoms with Crippen molar-refractivity contribution in [2.75, 3.05) is 11.9 Å². The van der Waals surface area contributed by atoms with Gasteiger partial charge in [-0.05, 0) is 47.7 Å². The molecule has 1 heterocycles. The van der Waals surface area contributed by atoms with Crippen LogP contribution in [0.2, 0.25) is 0 Å². The lowest BCUT2D eigenvalue weighted by atomic mass is 10.3. The van der Waals surface area contributed by atoms with Crippen LogP contribution in [-0.2, 0) is 14.8 Å². The molecule has 0 amide bonds. The number of nitrogens with one attached hydrogen (secondary N) is 1. The van der Waals surface area contributed by atoms with Gasteiger partial charge in [0.2, 0.25) is 0 Å². The van der Waals surface area contributed by atoms with E-state index in [1.54, 1.807) is 19.1 Å². The highest BCUT2D eigenvalue weighted by Crippen LogP contribution is 2.29. The zero-order valence-corrected chi connectivity index (χ0v) is 12.6. The summed E-state index contributed by atoms with van der Waals surface area (Å²) in [5.74, 6) is 0.343. The lowest BCUT2D eigenvalue weighted by Crippen LogP contribution is -2.24. The fourth-order valence-corrected chi connectivity index (χ4v) is 3.36. The van der Waals surface area contributed by atoms with Gasteiger partial charge in [-0.1, -0.05) is 6.58 Å². The molecule has 18 heavy (non-hydrogen) atoms. The van der Waals surface area contributed by atoms with Crippen LogP contribution in [0.25, 0.3) is 0 Å². The number of anilines is 1. The Morgan fingerprint density at radius 1 is 1.56 bits per heavy atom. The molecule has 2 rings (SSSR count). The zero-order chi connectivity index (χ0) is 13.3. The van der Waals surface area contributed by atoms with Gasteiger partial charge >= 0.3 is 0 Å². The first kappa shape index (κ1) is 13.3. The molecule has 0 aromatic heterocycles. The standard InChI is InChI=1S/C11H11IN2O3S/c1-3-17-7(2)11-13-9-5-4-8(12)6-10(9)18(15,16)14-11/h4-6H,2-3H2,1H3,(H,13,14). The van der Waals surface area contributed by atoms with Crippen molar-refractivity contribution in [3.05, 3.63) is 34.1 Å². The molecule has 5 nitrogen and oxygen atoms in total. The number of rotatable bonds is 3. The Labute approximate surface area is 119 Å². The minimum atomic E-state index is -3.70. The first-order valence-electron chi connectivity index (χ1n) is 5.17. The molecule has 1 N–H and O–H groups in total. The number of fused-ring (bicyclic) bond motifs is 1. The lowest BCUT2D eigenvalue weighted by molar-refractivity contribution is 0.251. The second-order valence-corrected chi connectivity index (χ2v) is 6.35. The highest BCUT2D eigenvalue weighted by Gasteiger charge is 2.26. The van der Waals surface area contributed by atoms with Crippen LogP contribution in [0.5, 0.6) is 0 Å². The van der Waals surface area contributed by atoms with Crippen LogP contribution in [0.15, 0.2) is 39.8 Å². The Balaban J connectivity index is 2.48. The molecule has 0 saturated carbocycles. The molecule has 96 valence electrons. The molecule has 0 fully saturated rings. The van der Waals surface area contributed by atoms with Crippen molar-refractivity contribution in [3.63, 3.8) is 0 Å². The van der Waals surface area contributed by atoms with E-state index in [1.807, 2.05) is 6.07 Å². The Kier molecular flexibility index (Phi) is 3.62. The predicted molar refractivity (Wildman–Crippen MR) is 78.2 cm³/mol. The Morgan fingerprint density at radius 2 is 2.28 bits per heavy atom. The highest BCUT2D eigenvalue weighted by atomic mass is 127. The van der Waals surface area contributed by atoms with Crippen molar-refractivity contribution in [2.45, 2.75) is 11.8 Å². The Morgan fingerprint density at radius 3 is 2.94 bits per heavy atom. The highest BCUT2D eigenvalue weighted by molar-refractivity contribution is 14.1. The fraction of sp³-hybridized carbons (Fsp3) is 0.182. The quantitative estimate of drug-likeness (QED) is 0.648. The number of halogens is 1. The number of sulfonamides is 1. The maximum atomic E-state index is 12.0. The van der Waals surface area contributed by atoms with E-state index in [-0.39, 0.29) is 16.5 Å². The van der Waals surface area contributed by atoms with Gasteiger partial charge in [0, 0.05) is 3.57 Å². The number of nitrogens with zero attached hydrogens (tertiary/aromatic N) is 1. The second-order valence-electron chi connectivity index (χ2n) is 3.54. The molecule has 1 aromatic rings. The summed E-state index contributed by atoms with van der Waals surface area (Å²) >= 11 is 2.05. The third kappa shape index (κ3) is 2.51. The van der Waals surface area contributed by atoms with Gasteiger partial charge in [0.1, 0.15) is 4.90 Å². The molecule has 0 bridgehead atoms. The van der Waals surface area contributed by atoms with Crippen molar-refractivity contribution in [1.82, 2.24) is 0 Å². The summed E-state index contributed by atoms with van der Waals surface area (Å²) in [5.41, 5.74) is 0.487. The largest absolute Gasteiger partial charge is 0.491 e. The van der Waals surface area contributed by atoms with E-state index < -0.39 is 10.0 Å². The normalized spacial score (nSPS) is 16.2. The third-order valence-electron chi connectivity index (χ3n) is 2.27. The van der Waals surface area contributed by atoms with Gasteiger partial charge in [-0.15, -0.1) is 4.40 Å². The van der Waals surface area contributed by atoms with E-state index in [9.17, 15) is 8.42 Å². The van der Waals surface area contributed by atoms with Crippen LogP contribution < -0.4 is 5.32 Å². The van der Waals surface area contributed by atoms with Crippen molar-refractivity contribution in [3.8, 4) is 0 Å². The van der Waals surface area contributed by atoms with Crippen LogP contribution in [0.3, 0.4) is 0 Å². The molecule has 0 unspecified atom stereocenters. The van der Waals surface area contributed by atoms with E-state index in [1.165, 1.54) is 0 Å². The molecule has 0 atom stereocenters. The average molecular weight is 378 g/mol. The molecular weight excluding hydrogens is 367 g/mol.